The van der Waals surface area contributed by atoms with Gasteiger partial charge in [0.25, 0.3) is 5.91 Å². The number of carbonyl (C=O) groups is 2. The van der Waals surface area contributed by atoms with E-state index in [1.807, 2.05) is 0 Å². The van der Waals surface area contributed by atoms with Gasteiger partial charge in [-0.05, 0) is 29.8 Å². The van der Waals surface area contributed by atoms with Crippen LogP contribution in [0.2, 0.25) is 0 Å². The van der Waals surface area contributed by atoms with Crippen LogP contribution >= 0.6 is 0 Å². The van der Waals surface area contributed by atoms with Crippen LogP contribution < -0.4 is 5.32 Å². The van der Waals surface area contributed by atoms with Gasteiger partial charge in [-0.25, -0.2) is 13.6 Å². The molecule has 0 aliphatic heterocycles. The Balaban J connectivity index is 2.15. The largest absolute Gasteiger partial charge is 0.467 e. The first-order chi connectivity index (χ1) is 11.0. The number of carbonyl (C=O) groups excluding carboxylic acids is 2. The SMILES string of the molecule is COC(=O)[C@H](Cc1ccc(F)cc1)NC(=O)c1ccccc1F. The molecule has 0 aromatic heterocycles. The molecular formula is C17H15F2NO3. The molecule has 2 rings (SSSR count). The molecule has 0 aliphatic rings. The molecule has 1 amide bonds. The van der Waals surface area contributed by atoms with Crippen LogP contribution in [0.3, 0.4) is 0 Å². The second kappa shape index (κ2) is 7.49. The lowest BCUT2D eigenvalue weighted by molar-refractivity contribution is -0.142. The molecule has 2 aromatic rings. The lowest BCUT2D eigenvalue weighted by Crippen LogP contribution is -2.43. The van der Waals surface area contributed by atoms with Gasteiger partial charge >= 0.3 is 5.97 Å². The highest BCUT2D eigenvalue weighted by Gasteiger charge is 2.23. The lowest BCUT2D eigenvalue weighted by atomic mass is 10.1. The summed E-state index contributed by atoms with van der Waals surface area (Å²) in [5.41, 5.74) is 0.469. The number of ether oxygens (including phenoxy) is 1. The zero-order chi connectivity index (χ0) is 16.8. The third-order valence-corrected chi connectivity index (χ3v) is 3.26. The van der Waals surface area contributed by atoms with Gasteiger partial charge in [-0.15, -0.1) is 0 Å². The molecule has 0 unspecified atom stereocenters. The predicted octanol–water partition coefficient (Wildman–Crippen LogP) is 2.48. The molecule has 0 radical (unpaired) electrons. The normalized spacial score (nSPS) is 11.6. The molecule has 1 N–H and O–H groups in total. The van der Waals surface area contributed by atoms with Crippen LogP contribution in [0.5, 0.6) is 0 Å². The Kier molecular flexibility index (Phi) is 5.41. The highest BCUT2D eigenvalue weighted by atomic mass is 19.1. The Hall–Kier alpha value is -2.76. The van der Waals surface area contributed by atoms with E-state index in [2.05, 4.69) is 10.1 Å². The molecule has 0 saturated carbocycles. The van der Waals surface area contributed by atoms with Gasteiger partial charge in [-0.3, -0.25) is 4.79 Å². The maximum atomic E-state index is 13.6. The van der Waals surface area contributed by atoms with E-state index in [0.717, 1.165) is 6.07 Å². The monoisotopic (exact) mass is 319 g/mol. The second-order valence-corrected chi connectivity index (χ2v) is 4.86. The number of nitrogens with one attached hydrogen (secondary N) is 1. The Morgan fingerprint density at radius 3 is 2.35 bits per heavy atom. The van der Waals surface area contributed by atoms with E-state index in [-0.39, 0.29) is 12.0 Å². The van der Waals surface area contributed by atoms with Crippen LogP contribution in [0.1, 0.15) is 15.9 Å². The summed E-state index contributed by atoms with van der Waals surface area (Å²) in [6, 6.07) is 9.95. The van der Waals surface area contributed by atoms with Gasteiger partial charge in [-0.1, -0.05) is 24.3 Å². The van der Waals surface area contributed by atoms with Crippen molar-refractivity contribution < 1.29 is 23.1 Å². The molecular weight excluding hydrogens is 304 g/mol. The van der Waals surface area contributed by atoms with Crippen molar-refractivity contribution >= 4 is 11.9 Å². The van der Waals surface area contributed by atoms with Gasteiger partial charge in [0.05, 0.1) is 12.7 Å². The molecule has 4 nitrogen and oxygen atoms in total. The fourth-order valence-electron chi connectivity index (χ4n) is 2.07. The summed E-state index contributed by atoms with van der Waals surface area (Å²) in [6.45, 7) is 0. The summed E-state index contributed by atoms with van der Waals surface area (Å²) < 4.78 is 31.2. The molecule has 0 bridgehead atoms. The van der Waals surface area contributed by atoms with Crippen LogP contribution in [0, 0.1) is 11.6 Å². The number of benzene rings is 2. The van der Waals surface area contributed by atoms with Crippen LogP contribution in [0.15, 0.2) is 48.5 Å². The van der Waals surface area contributed by atoms with Gasteiger partial charge in [0.1, 0.15) is 17.7 Å². The summed E-state index contributed by atoms with van der Waals surface area (Å²) in [5, 5.41) is 2.44. The van der Waals surface area contributed by atoms with E-state index in [9.17, 15) is 18.4 Å². The van der Waals surface area contributed by atoms with Gasteiger partial charge < -0.3 is 10.1 Å². The minimum atomic E-state index is -1.00. The number of hydrogen-bond donors (Lipinski definition) is 1. The van der Waals surface area contributed by atoms with Crippen molar-refractivity contribution in [3.05, 3.63) is 71.3 Å². The maximum absolute atomic E-state index is 13.6. The molecule has 2 aromatic carbocycles. The van der Waals surface area contributed by atoms with Crippen LogP contribution in [-0.2, 0) is 16.0 Å². The molecule has 0 aliphatic carbocycles. The first kappa shape index (κ1) is 16.6. The van der Waals surface area contributed by atoms with Gasteiger partial charge in [-0.2, -0.15) is 0 Å². The standard InChI is InChI=1S/C17H15F2NO3/c1-23-17(22)15(10-11-6-8-12(18)9-7-11)20-16(21)13-4-2-3-5-14(13)19/h2-9,15H,10H2,1H3,(H,20,21)/t15-/m0/s1. The van der Waals surface area contributed by atoms with Gasteiger partial charge in [0.15, 0.2) is 0 Å². The smallest absolute Gasteiger partial charge is 0.328 e. The number of esters is 1. The molecule has 0 spiro atoms. The topological polar surface area (TPSA) is 55.4 Å². The molecule has 1 atom stereocenters. The summed E-state index contributed by atoms with van der Waals surface area (Å²) in [4.78, 5) is 24.0. The van der Waals surface area contributed by atoms with Crippen molar-refractivity contribution in [2.45, 2.75) is 12.5 Å². The summed E-state index contributed by atoms with van der Waals surface area (Å²) in [5.74, 6) is -2.48. The number of halogens is 2. The molecule has 0 heterocycles. The zero-order valence-electron chi connectivity index (χ0n) is 12.4. The van der Waals surface area contributed by atoms with Crippen molar-refractivity contribution in [2.75, 3.05) is 7.11 Å². The van der Waals surface area contributed by atoms with E-state index in [0.29, 0.717) is 5.56 Å². The molecule has 0 fully saturated rings. The highest BCUT2D eigenvalue weighted by Crippen LogP contribution is 2.10. The Morgan fingerprint density at radius 1 is 1.09 bits per heavy atom. The third kappa shape index (κ3) is 4.35. The first-order valence-electron chi connectivity index (χ1n) is 6.89. The lowest BCUT2D eigenvalue weighted by Gasteiger charge is -2.17. The number of rotatable bonds is 5. The highest BCUT2D eigenvalue weighted by molar-refractivity contribution is 5.97. The Bertz CT molecular complexity index is 701. The summed E-state index contributed by atoms with van der Waals surface area (Å²) in [7, 11) is 1.19. The fourth-order valence-corrected chi connectivity index (χ4v) is 2.07. The van der Waals surface area contributed by atoms with Crippen LogP contribution in [0.25, 0.3) is 0 Å². The number of methoxy groups -OCH3 is 1. The number of hydrogen-bond acceptors (Lipinski definition) is 3. The van der Waals surface area contributed by atoms with Crippen molar-refractivity contribution in [1.29, 1.82) is 0 Å². The average molecular weight is 319 g/mol. The average Bonchev–Trinajstić information content (AvgIpc) is 2.55. The van der Waals surface area contributed by atoms with Crippen LogP contribution in [-0.4, -0.2) is 25.0 Å². The predicted molar refractivity (Wildman–Crippen MR) is 79.8 cm³/mol. The fraction of sp³-hybridized carbons (Fsp3) is 0.176. The minimum Gasteiger partial charge on any atom is -0.467 e. The van der Waals surface area contributed by atoms with Crippen LogP contribution in [0.4, 0.5) is 8.78 Å². The minimum absolute atomic E-state index is 0.104. The van der Waals surface area contributed by atoms with E-state index >= 15 is 0 Å². The van der Waals surface area contributed by atoms with Crippen molar-refractivity contribution in [2.24, 2.45) is 0 Å². The molecule has 120 valence electrons. The van der Waals surface area contributed by atoms with Crippen molar-refractivity contribution in [3.8, 4) is 0 Å². The second-order valence-electron chi connectivity index (χ2n) is 4.86. The summed E-state index contributed by atoms with van der Waals surface area (Å²) >= 11 is 0. The third-order valence-electron chi connectivity index (χ3n) is 3.26. The molecule has 6 heteroatoms. The van der Waals surface area contributed by atoms with Crippen molar-refractivity contribution in [1.82, 2.24) is 5.32 Å². The zero-order valence-corrected chi connectivity index (χ0v) is 12.4. The Morgan fingerprint density at radius 2 is 1.74 bits per heavy atom. The van der Waals surface area contributed by atoms with Gasteiger partial charge in [0.2, 0.25) is 0 Å². The molecule has 0 saturated heterocycles. The first-order valence-corrected chi connectivity index (χ1v) is 6.89. The van der Waals surface area contributed by atoms with E-state index in [1.54, 1.807) is 0 Å². The van der Waals surface area contributed by atoms with Gasteiger partial charge in [0, 0.05) is 6.42 Å². The van der Waals surface area contributed by atoms with E-state index in [4.69, 9.17) is 0 Å². The Labute approximate surface area is 132 Å². The van der Waals surface area contributed by atoms with E-state index < -0.39 is 29.6 Å². The summed E-state index contributed by atoms with van der Waals surface area (Å²) in [6.07, 6.45) is 0.104. The quantitative estimate of drug-likeness (QED) is 0.862. The number of amides is 1. The molecule has 23 heavy (non-hydrogen) atoms. The van der Waals surface area contributed by atoms with Crippen molar-refractivity contribution in [3.63, 3.8) is 0 Å². The van der Waals surface area contributed by atoms with E-state index in [1.165, 1.54) is 49.6 Å². The maximum Gasteiger partial charge on any atom is 0.328 e.